The third kappa shape index (κ3) is 2.50. The number of esters is 1. The Kier molecular flexibility index (Phi) is 3.47. The maximum atomic E-state index is 11.2. The monoisotopic (exact) mass is 313 g/mol. The first kappa shape index (κ1) is 14.4. The molecule has 0 N–H and O–H groups in total. The number of carbonyl (C=O) groups is 1. The molecule has 3 aromatic carbocycles. The van der Waals surface area contributed by atoms with E-state index in [1.54, 1.807) is 6.07 Å². The van der Waals surface area contributed by atoms with Gasteiger partial charge in [-0.15, -0.1) is 0 Å². The Bertz CT molecular complexity index is 1060. The van der Waals surface area contributed by atoms with Gasteiger partial charge in [-0.1, -0.05) is 60.7 Å². The first-order chi connectivity index (χ1) is 11.7. The summed E-state index contributed by atoms with van der Waals surface area (Å²) < 4.78 is 5.15. The Hall–Kier alpha value is -3.20. The highest BCUT2D eigenvalue weighted by Crippen LogP contribution is 2.33. The molecule has 0 fully saturated rings. The van der Waals surface area contributed by atoms with Crippen LogP contribution < -0.4 is 4.74 Å². The molecule has 0 aliphatic rings. The van der Waals surface area contributed by atoms with E-state index in [4.69, 9.17) is 4.74 Å². The van der Waals surface area contributed by atoms with Crippen LogP contribution in [0.3, 0.4) is 0 Å². The minimum Gasteiger partial charge on any atom is -0.408 e. The van der Waals surface area contributed by atoms with E-state index in [1.807, 2.05) is 36.4 Å². The third-order valence-corrected chi connectivity index (χ3v) is 4.02. The number of hydrogen-bond donors (Lipinski definition) is 0. The van der Waals surface area contributed by atoms with Gasteiger partial charge >= 0.3 is 5.97 Å². The molecule has 0 bridgehead atoms. The van der Waals surface area contributed by atoms with Crippen molar-refractivity contribution in [1.82, 2.24) is 4.98 Å². The second kappa shape index (κ2) is 5.78. The van der Waals surface area contributed by atoms with Gasteiger partial charge in [0.05, 0.1) is 5.52 Å². The van der Waals surface area contributed by atoms with Crippen LogP contribution >= 0.6 is 0 Å². The second-order valence-corrected chi connectivity index (χ2v) is 5.65. The summed E-state index contributed by atoms with van der Waals surface area (Å²) in [7, 11) is 0. The lowest BCUT2D eigenvalue weighted by Crippen LogP contribution is -2.03. The SMILES string of the molecule is CC(=O)Oc1ccc2cccc(-c3cccc4ccccc34)c2n1. The summed E-state index contributed by atoms with van der Waals surface area (Å²) in [5.41, 5.74) is 2.97. The van der Waals surface area contributed by atoms with E-state index in [0.29, 0.717) is 5.88 Å². The molecule has 0 aliphatic carbocycles. The summed E-state index contributed by atoms with van der Waals surface area (Å²) in [5.74, 6) is -0.0489. The summed E-state index contributed by atoms with van der Waals surface area (Å²) in [6.07, 6.45) is 0. The van der Waals surface area contributed by atoms with Gasteiger partial charge < -0.3 is 4.74 Å². The number of fused-ring (bicyclic) bond motifs is 2. The van der Waals surface area contributed by atoms with Crippen LogP contribution in [0.1, 0.15) is 6.92 Å². The first-order valence-corrected chi connectivity index (χ1v) is 7.79. The van der Waals surface area contributed by atoms with Crippen molar-refractivity contribution in [3.63, 3.8) is 0 Å². The van der Waals surface area contributed by atoms with Crippen molar-refractivity contribution in [2.24, 2.45) is 0 Å². The smallest absolute Gasteiger partial charge is 0.309 e. The summed E-state index contributed by atoms with van der Waals surface area (Å²) in [5, 5.41) is 3.37. The average molecular weight is 313 g/mol. The molecule has 3 nitrogen and oxygen atoms in total. The van der Waals surface area contributed by atoms with Crippen molar-refractivity contribution < 1.29 is 9.53 Å². The molecule has 1 heterocycles. The van der Waals surface area contributed by atoms with Crippen LogP contribution in [0, 0.1) is 0 Å². The topological polar surface area (TPSA) is 39.2 Å². The predicted octanol–water partition coefficient (Wildman–Crippen LogP) is 4.98. The lowest BCUT2D eigenvalue weighted by atomic mass is 9.96. The number of aromatic nitrogens is 1. The summed E-state index contributed by atoms with van der Waals surface area (Å²) in [6, 6.07) is 24.2. The largest absolute Gasteiger partial charge is 0.408 e. The number of pyridine rings is 1. The van der Waals surface area contributed by atoms with Crippen LogP contribution in [0.15, 0.2) is 72.8 Å². The van der Waals surface area contributed by atoms with Gasteiger partial charge in [-0.3, -0.25) is 4.79 Å². The normalized spacial score (nSPS) is 10.9. The fourth-order valence-corrected chi connectivity index (χ4v) is 3.01. The Morgan fingerprint density at radius 3 is 2.33 bits per heavy atom. The van der Waals surface area contributed by atoms with Gasteiger partial charge in [-0.25, -0.2) is 4.98 Å². The lowest BCUT2D eigenvalue weighted by molar-refractivity contribution is -0.132. The van der Waals surface area contributed by atoms with Crippen LogP contribution in [0.2, 0.25) is 0 Å². The molecule has 0 unspecified atom stereocenters. The Morgan fingerprint density at radius 2 is 1.50 bits per heavy atom. The summed E-state index contributed by atoms with van der Waals surface area (Å²) in [6.45, 7) is 1.38. The molecule has 3 heteroatoms. The highest BCUT2D eigenvalue weighted by atomic mass is 16.5. The number of nitrogens with zero attached hydrogens (tertiary/aromatic N) is 1. The zero-order chi connectivity index (χ0) is 16.5. The Labute approximate surface area is 139 Å². The number of rotatable bonds is 2. The predicted molar refractivity (Wildman–Crippen MR) is 96.0 cm³/mol. The molecule has 0 atom stereocenters. The van der Waals surface area contributed by atoms with Crippen LogP contribution in [-0.2, 0) is 4.79 Å². The number of benzene rings is 3. The minimum absolute atomic E-state index is 0.322. The highest BCUT2D eigenvalue weighted by Gasteiger charge is 2.10. The summed E-state index contributed by atoms with van der Waals surface area (Å²) >= 11 is 0. The first-order valence-electron chi connectivity index (χ1n) is 7.79. The lowest BCUT2D eigenvalue weighted by Gasteiger charge is -2.10. The fourth-order valence-electron chi connectivity index (χ4n) is 3.01. The molecule has 0 spiro atoms. The van der Waals surface area contributed by atoms with Gasteiger partial charge in [-0.2, -0.15) is 0 Å². The molecular formula is C21H15NO2. The molecule has 0 amide bonds. The maximum absolute atomic E-state index is 11.2. The van der Waals surface area contributed by atoms with E-state index < -0.39 is 0 Å². The van der Waals surface area contributed by atoms with Gasteiger partial charge in [0.15, 0.2) is 0 Å². The van der Waals surface area contributed by atoms with Crippen molar-refractivity contribution in [2.45, 2.75) is 6.92 Å². The van der Waals surface area contributed by atoms with Crippen LogP contribution in [0.25, 0.3) is 32.8 Å². The molecule has 0 aliphatic heterocycles. The van der Waals surface area contributed by atoms with Crippen molar-refractivity contribution in [2.75, 3.05) is 0 Å². The Balaban J connectivity index is 2.00. The van der Waals surface area contributed by atoms with Gasteiger partial charge in [0, 0.05) is 23.9 Å². The van der Waals surface area contributed by atoms with E-state index in [-0.39, 0.29) is 5.97 Å². The van der Waals surface area contributed by atoms with Gasteiger partial charge in [-0.05, 0) is 22.4 Å². The van der Waals surface area contributed by atoms with E-state index in [2.05, 4.69) is 35.3 Å². The summed E-state index contributed by atoms with van der Waals surface area (Å²) in [4.78, 5) is 15.8. The molecule has 116 valence electrons. The number of carbonyl (C=O) groups excluding carboxylic acids is 1. The Morgan fingerprint density at radius 1 is 0.792 bits per heavy atom. The number of para-hydroxylation sites is 1. The third-order valence-electron chi connectivity index (χ3n) is 4.02. The minimum atomic E-state index is -0.371. The van der Waals surface area contributed by atoms with Crippen molar-refractivity contribution in [3.8, 4) is 17.0 Å². The fraction of sp³-hybridized carbons (Fsp3) is 0.0476. The van der Waals surface area contributed by atoms with Gasteiger partial charge in [0.2, 0.25) is 5.88 Å². The molecule has 0 saturated heterocycles. The van der Waals surface area contributed by atoms with E-state index >= 15 is 0 Å². The molecule has 4 rings (SSSR count). The van der Waals surface area contributed by atoms with E-state index in [0.717, 1.165) is 22.0 Å². The standard InChI is InChI=1S/C21H15NO2/c1-14(23)24-20-13-12-16-8-5-11-19(21(16)22-20)18-10-4-7-15-6-2-3-9-17(15)18/h2-13H,1H3. The van der Waals surface area contributed by atoms with Gasteiger partial charge in [0.1, 0.15) is 0 Å². The molecule has 0 saturated carbocycles. The second-order valence-electron chi connectivity index (χ2n) is 5.65. The zero-order valence-corrected chi connectivity index (χ0v) is 13.2. The van der Waals surface area contributed by atoms with Crippen molar-refractivity contribution >= 4 is 27.6 Å². The highest BCUT2D eigenvalue weighted by molar-refractivity contribution is 6.04. The molecule has 1 aromatic heterocycles. The molecule has 24 heavy (non-hydrogen) atoms. The molecular weight excluding hydrogens is 298 g/mol. The van der Waals surface area contributed by atoms with Crippen molar-refractivity contribution in [1.29, 1.82) is 0 Å². The average Bonchev–Trinajstić information content (AvgIpc) is 2.60. The van der Waals surface area contributed by atoms with Crippen molar-refractivity contribution in [3.05, 3.63) is 72.8 Å². The quantitative estimate of drug-likeness (QED) is 0.490. The number of hydrogen-bond acceptors (Lipinski definition) is 3. The number of ether oxygens (including phenoxy) is 1. The zero-order valence-electron chi connectivity index (χ0n) is 13.2. The van der Waals surface area contributed by atoms with Crippen LogP contribution in [-0.4, -0.2) is 11.0 Å². The maximum Gasteiger partial charge on any atom is 0.309 e. The van der Waals surface area contributed by atoms with E-state index in [9.17, 15) is 4.79 Å². The molecule has 4 aromatic rings. The van der Waals surface area contributed by atoms with Crippen LogP contribution in [0.5, 0.6) is 5.88 Å². The van der Waals surface area contributed by atoms with Crippen LogP contribution in [0.4, 0.5) is 0 Å². The molecule has 0 radical (unpaired) electrons. The van der Waals surface area contributed by atoms with Gasteiger partial charge in [0.25, 0.3) is 0 Å². The van der Waals surface area contributed by atoms with E-state index in [1.165, 1.54) is 17.7 Å².